The molecule has 2 saturated heterocycles. The number of hydrogen-bond donors (Lipinski definition) is 1. The first-order chi connectivity index (χ1) is 14.0. The van der Waals surface area contributed by atoms with Gasteiger partial charge in [-0.25, -0.2) is 14.8 Å². The van der Waals surface area contributed by atoms with Gasteiger partial charge < -0.3 is 14.8 Å². The third-order valence-corrected chi connectivity index (χ3v) is 6.40. The van der Waals surface area contributed by atoms with Crippen LogP contribution in [0.4, 0.5) is 0 Å². The summed E-state index contributed by atoms with van der Waals surface area (Å²) in [4.78, 5) is 26.8. The summed E-state index contributed by atoms with van der Waals surface area (Å²) in [7, 11) is 0. The number of hydrogen-bond acceptors (Lipinski definition) is 7. The summed E-state index contributed by atoms with van der Waals surface area (Å²) in [6.07, 6.45) is 7.78. The molecule has 1 amide bonds. The van der Waals surface area contributed by atoms with Crippen molar-refractivity contribution in [2.45, 2.75) is 76.7 Å². The topological polar surface area (TPSA) is 74.4 Å². The lowest BCUT2D eigenvalue weighted by Gasteiger charge is -2.51. The van der Waals surface area contributed by atoms with E-state index in [4.69, 9.17) is 9.47 Å². The molecule has 31 heavy (non-hydrogen) atoms. The molecular weight excluding hydrogens is 443 g/mol. The molecule has 1 saturated carbocycles. The predicted octanol–water partition coefficient (Wildman–Crippen LogP) is 2.20. The Bertz CT molecular complexity index is 535. The second-order valence-corrected chi connectivity index (χ2v) is 8.75. The molecule has 3 aliphatic rings. The number of rotatable bonds is 8. The highest BCUT2D eigenvalue weighted by Gasteiger charge is 2.43. The molecule has 0 spiro atoms. The van der Waals surface area contributed by atoms with Crippen molar-refractivity contribution in [3.8, 4) is 0 Å². The number of hydrazine groups is 1. The first-order valence-corrected chi connectivity index (χ1v) is 11.3. The summed E-state index contributed by atoms with van der Waals surface area (Å²) in [6.45, 7) is 9.26. The standard InChI is InChI=1S/C21H38N4O4.2ClH/c1-18(2)29-20(27)16-28-21(8-4-3-5-9-21)25(17-26)24-14-12-23(13-15-24)19-6-10-22-11-7-19;;/h17-19,22H,3-16H2,1-2H3;2*1H. The fourth-order valence-corrected chi connectivity index (χ4v) is 4.92. The van der Waals surface area contributed by atoms with Crippen LogP contribution in [0.25, 0.3) is 0 Å². The average Bonchev–Trinajstić information content (AvgIpc) is 2.74. The highest BCUT2D eigenvalue weighted by Crippen LogP contribution is 2.35. The van der Waals surface area contributed by atoms with Crippen molar-refractivity contribution in [1.29, 1.82) is 0 Å². The fourth-order valence-electron chi connectivity index (χ4n) is 4.92. The monoisotopic (exact) mass is 482 g/mol. The van der Waals surface area contributed by atoms with Gasteiger partial charge in [0, 0.05) is 32.2 Å². The molecule has 0 unspecified atom stereocenters. The number of piperidine rings is 1. The van der Waals surface area contributed by atoms with Crippen LogP contribution in [0, 0.1) is 0 Å². The van der Waals surface area contributed by atoms with E-state index in [0.717, 1.165) is 77.8 Å². The molecule has 0 aromatic carbocycles. The van der Waals surface area contributed by atoms with Gasteiger partial charge >= 0.3 is 5.97 Å². The van der Waals surface area contributed by atoms with Gasteiger partial charge in [-0.05, 0) is 65.5 Å². The predicted molar refractivity (Wildman–Crippen MR) is 124 cm³/mol. The largest absolute Gasteiger partial charge is 0.461 e. The van der Waals surface area contributed by atoms with Crippen molar-refractivity contribution in [3.63, 3.8) is 0 Å². The smallest absolute Gasteiger partial charge is 0.332 e. The van der Waals surface area contributed by atoms with Gasteiger partial charge in [-0.15, -0.1) is 24.8 Å². The molecule has 0 aromatic heterocycles. The van der Waals surface area contributed by atoms with E-state index in [1.165, 1.54) is 12.8 Å². The number of nitrogens with zero attached hydrogens (tertiary/aromatic N) is 3. The van der Waals surface area contributed by atoms with E-state index in [2.05, 4.69) is 15.2 Å². The van der Waals surface area contributed by atoms with Crippen LogP contribution in [-0.4, -0.2) is 91.0 Å². The van der Waals surface area contributed by atoms with E-state index in [1.54, 1.807) is 5.01 Å². The second-order valence-electron chi connectivity index (χ2n) is 8.75. The molecule has 8 nitrogen and oxygen atoms in total. The quantitative estimate of drug-likeness (QED) is 0.322. The first kappa shape index (κ1) is 28.4. The normalized spacial score (nSPS) is 22.8. The summed E-state index contributed by atoms with van der Waals surface area (Å²) >= 11 is 0. The number of piperazine rings is 1. The zero-order valence-corrected chi connectivity index (χ0v) is 20.6. The van der Waals surface area contributed by atoms with Crippen molar-refractivity contribution in [2.24, 2.45) is 0 Å². The zero-order valence-electron chi connectivity index (χ0n) is 18.9. The van der Waals surface area contributed by atoms with Crippen molar-refractivity contribution in [3.05, 3.63) is 0 Å². The minimum Gasteiger partial charge on any atom is -0.461 e. The number of esters is 1. The van der Waals surface area contributed by atoms with E-state index in [-0.39, 0.29) is 43.5 Å². The maximum Gasteiger partial charge on any atom is 0.332 e. The fraction of sp³-hybridized carbons (Fsp3) is 0.905. The molecule has 0 aromatic rings. The van der Waals surface area contributed by atoms with Gasteiger partial charge in [0.2, 0.25) is 6.41 Å². The van der Waals surface area contributed by atoms with E-state index < -0.39 is 5.72 Å². The Hall–Kier alpha value is -0.640. The number of nitrogens with one attached hydrogen (secondary N) is 1. The zero-order chi connectivity index (χ0) is 20.7. The van der Waals surface area contributed by atoms with E-state index in [9.17, 15) is 9.59 Å². The van der Waals surface area contributed by atoms with Crippen LogP contribution in [0.15, 0.2) is 0 Å². The molecule has 182 valence electrons. The lowest BCUT2D eigenvalue weighted by molar-refractivity contribution is -0.245. The highest BCUT2D eigenvalue weighted by atomic mass is 35.5. The van der Waals surface area contributed by atoms with Gasteiger partial charge in [-0.2, -0.15) is 0 Å². The van der Waals surface area contributed by atoms with Gasteiger partial charge in [-0.1, -0.05) is 6.42 Å². The maximum absolute atomic E-state index is 12.2. The third kappa shape index (κ3) is 7.72. The second kappa shape index (κ2) is 13.8. The van der Waals surface area contributed by atoms with Crippen molar-refractivity contribution < 1.29 is 19.1 Å². The summed E-state index contributed by atoms with van der Waals surface area (Å²) in [5.41, 5.74) is -0.729. The van der Waals surface area contributed by atoms with Crippen LogP contribution in [0.5, 0.6) is 0 Å². The summed E-state index contributed by atoms with van der Waals surface area (Å²) in [5.74, 6) is -0.369. The number of amides is 1. The molecule has 0 atom stereocenters. The SMILES string of the molecule is CC(C)OC(=O)COC1(N(C=O)N2CCN(C3CCNCC3)CC2)CCCCC1.Cl.Cl. The molecule has 3 fully saturated rings. The Kier molecular flexibility index (Phi) is 12.6. The molecule has 1 N–H and O–H groups in total. The van der Waals surface area contributed by atoms with E-state index in [1.807, 2.05) is 13.8 Å². The van der Waals surface area contributed by atoms with Crippen molar-refractivity contribution in [2.75, 3.05) is 45.9 Å². The van der Waals surface area contributed by atoms with Gasteiger partial charge in [0.25, 0.3) is 0 Å². The van der Waals surface area contributed by atoms with Crippen LogP contribution in [0.3, 0.4) is 0 Å². The Labute approximate surface area is 199 Å². The van der Waals surface area contributed by atoms with Crippen LogP contribution < -0.4 is 5.32 Å². The Morgan fingerprint density at radius 3 is 2.26 bits per heavy atom. The van der Waals surface area contributed by atoms with Gasteiger partial charge in [0.15, 0.2) is 5.72 Å². The molecular formula is C21H40Cl2N4O4. The van der Waals surface area contributed by atoms with Crippen molar-refractivity contribution in [1.82, 2.24) is 20.2 Å². The van der Waals surface area contributed by atoms with E-state index in [0.29, 0.717) is 6.04 Å². The number of carbonyl (C=O) groups excluding carboxylic acids is 2. The summed E-state index contributed by atoms with van der Waals surface area (Å²) < 4.78 is 11.4. The minimum atomic E-state index is -0.729. The maximum atomic E-state index is 12.2. The van der Waals surface area contributed by atoms with E-state index >= 15 is 0 Å². The Balaban J connectivity index is 0.00000240. The lowest BCUT2D eigenvalue weighted by Crippen LogP contribution is -2.64. The van der Waals surface area contributed by atoms with Crippen LogP contribution >= 0.6 is 24.8 Å². The summed E-state index contributed by atoms with van der Waals surface area (Å²) in [5, 5.41) is 7.31. The first-order valence-electron chi connectivity index (χ1n) is 11.3. The highest BCUT2D eigenvalue weighted by molar-refractivity contribution is 5.85. The van der Waals surface area contributed by atoms with Gasteiger partial charge in [0.05, 0.1) is 6.10 Å². The van der Waals surface area contributed by atoms with Gasteiger partial charge in [0.1, 0.15) is 6.61 Å². The molecule has 10 heteroatoms. The summed E-state index contributed by atoms with van der Waals surface area (Å²) in [6, 6.07) is 0.647. The Morgan fingerprint density at radius 2 is 1.71 bits per heavy atom. The number of halogens is 2. The third-order valence-electron chi connectivity index (χ3n) is 6.40. The average molecular weight is 483 g/mol. The number of carbonyl (C=O) groups is 2. The van der Waals surface area contributed by atoms with Crippen LogP contribution in [-0.2, 0) is 19.1 Å². The molecule has 1 aliphatic carbocycles. The molecule has 2 aliphatic heterocycles. The van der Waals surface area contributed by atoms with Gasteiger partial charge in [-0.3, -0.25) is 9.69 Å². The molecule has 0 radical (unpaired) electrons. The Morgan fingerprint density at radius 1 is 1.10 bits per heavy atom. The number of ether oxygens (including phenoxy) is 2. The molecule has 0 bridgehead atoms. The van der Waals surface area contributed by atoms with Crippen LogP contribution in [0.2, 0.25) is 0 Å². The lowest BCUT2D eigenvalue weighted by atomic mass is 9.91. The molecule has 3 rings (SSSR count). The van der Waals surface area contributed by atoms with Crippen molar-refractivity contribution >= 4 is 37.2 Å². The van der Waals surface area contributed by atoms with Crippen LogP contribution in [0.1, 0.15) is 58.8 Å². The molecule has 2 heterocycles. The minimum absolute atomic E-state index is 0.